The highest BCUT2D eigenvalue weighted by Crippen LogP contribution is 2.33. The lowest BCUT2D eigenvalue weighted by molar-refractivity contribution is -0.0281. The zero-order chi connectivity index (χ0) is 12.3. The molecule has 96 valence electrons. The van der Waals surface area contributed by atoms with E-state index in [4.69, 9.17) is 10.5 Å². The summed E-state index contributed by atoms with van der Waals surface area (Å²) in [5.41, 5.74) is 6.17. The molecule has 1 unspecified atom stereocenters. The van der Waals surface area contributed by atoms with Crippen LogP contribution in [0.15, 0.2) is 12.4 Å². The maximum Gasteiger partial charge on any atom is 0.109 e. The lowest BCUT2D eigenvalue weighted by Crippen LogP contribution is -2.36. The van der Waals surface area contributed by atoms with Crippen LogP contribution >= 0.6 is 0 Å². The van der Waals surface area contributed by atoms with Crippen LogP contribution in [0.3, 0.4) is 0 Å². The minimum Gasteiger partial charge on any atom is -0.378 e. The summed E-state index contributed by atoms with van der Waals surface area (Å²) in [6, 6.07) is 0.226. The minimum atomic E-state index is 0.226. The smallest absolute Gasteiger partial charge is 0.109 e. The molecule has 17 heavy (non-hydrogen) atoms. The van der Waals surface area contributed by atoms with Gasteiger partial charge in [-0.3, -0.25) is 0 Å². The normalized spacial score (nSPS) is 25.6. The molecule has 1 aromatic rings. The molecule has 1 heterocycles. The van der Waals surface area contributed by atoms with Gasteiger partial charge in [-0.1, -0.05) is 0 Å². The second kappa shape index (κ2) is 5.65. The first-order chi connectivity index (χ1) is 8.19. The summed E-state index contributed by atoms with van der Waals surface area (Å²) in [5.74, 6) is 1.83. The van der Waals surface area contributed by atoms with Gasteiger partial charge >= 0.3 is 0 Å². The molecular formula is C13H23N3O. The third-order valence-electron chi connectivity index (χ3n) is 3.60. The van der Waals surface area contributed by atoms with E-state index in [0.717, 1.165) is 31.2 Å². The van der Waals surface area contributed by atoms with Crippen molar-refractivity contribution in [3.63, 3.8) is 0 Å². The zero-order valence-electron chi connectivity index (χ0n) is 10.8. The fourth-order valence-corrected chi connectivity index (χ4v) is 2.58. The van der Waals surface area contributed by atoms with Crippen molar-refractivity contribution in [3.05, 3.63) is 18.2 Å². The van der Waals surface area contributed by atoms with Gasteiger partial charge in [0.05, 0.1) is 6.10 Å². The van der Waals surface area contributed by atoms with Crippen LogP contribution in [0.4, 0.5) is 0 Å². The van der Waals surface area contributed by atoms with Gasteiger partial charge in [0.15, 0.2) is 0 Å². The van der Waals surface area contributed by atoms with Crippen molar-refractivity contribution in [1.29, 1.82) is 0 Å². The Balaban J connectivity index is 1.69. The molecule has 4 nitrogen and oxygen atoms in total. The Bertz CT molecular complexity index is 344. The SMILES string of the molecule is CCOC1CC(CC(N)Cc2nccn2C)C1. The van der Waals surface area contributed by atoms with E-state index < -0.39 is 0 Å². The Kier molecular flexibility index (Phi) is 4.18. The van der Waals surface area contributed by atoms with Gasteiger partial charge in [0.2, 0.25) is 0 Å². The number of nitrogens with zero attached hydrogens (tertiary/aromatic N) is 2. The third kappa shape index (κ3) is 3.30. The Morgan fingerprint density at radius 3 is 2.94 bits per heavy atom. The summed E-state index contributed by atoms with van der Waals surface area (Å²) in [6.07, 6.45) is 8.62. The lowest BCUT2D eigenvalue weighted by atomic mass is 9.78. The van der Waals surface area contributed by atoms with Crippen molar-refractivity contribution in [2.24, 2.45) is 18.7 Å². The number of ether oxygens (including phenoxy) is 1. The molecule has 1 atom stereocenters. The van der Waals surface area contributed by atoms with E-state index in [1.54, 1.807) is 0 Å². The fourth-order valence-electron chi connectivity index (χ4n) is 2.58. The highest BCUT2D eigenvalue weighted by atomic mass is 16.5. The number of nitrogens with two attached hydrogens (primary N) is 1. The molecule has 1 aliphatic rings. The Morgan fingerprint density at radius 2 is 2.35 bits per heavy atom. The number of hydrogen-bond acceptors (Lipinski definition) is 3. The van der Waals surface area contributed by atoms with E-state index in [2.05, 4.69) is 11.9 Å². The van der Waals surface area contributed by atoms with Gasteiger partial charge in [-0.2, -0.15) is 0 Å². The molecule has 2 rings (SSSR count). The molecule has 0 aliphatic heterocycles. The second-order valence-electron chi connectivity index (χ2n) is 5.07. The molecule has 0 spiro atoms. The van der Waals surface area contributed by atoms with Gasteiger partial charge in [-0.25, -0.2) is 4.98 Å². The van der Waals surface area contributed by atoms with E-state index in [1.165, 1.54) is 12.8 Å². The van der Waals surface area contributed by atoms with Crippen molar-refractivity contribution >= 4 is 0 Å². The number of aryl methyl sites for hydroxylation is 1. The van der Waals surface area contributed by atoms with E-state index in [-0.39, 0.29) is 6.04 Å². The molecule has 1 fully saturated rings. The standard InChI is InChI=1S/C13H23N3O/c1-3-17-12-7-10(8-12)6-11(14)9-13-15-4-5-16(13)2/h4-5,10-12H,3,6-9,14H2,1-2H3. The van der Waals surface area contributed by atoms with E-state index >= 15 is 0 Å². The largest absolute Gasteiger partial charge is 0.378 e. The first kappa shape index (κ1) is 12.6. The molecule has 2 N–H and O–H groups in total. The monoisotopic (exact) mass is 237 g/mol. The summed E-state index contributed by atoms with van der Waals surface area (Å²) < 4.78 is 7.60. The zero-order valence-corrected chi connectivity index (χ0v) is 10.8. The van der Waals surface area contributed by atoms with Crippen LogP contribution in [0.1, 0.15) is 32.0 Å². The van der Waals surface area contributed by atoms with E-state index in [1.807, 2.05) is 24.0 Å². The average molecular weight is 237 g/mol. The third-order valence-corrected chi connectivity index (χ3v) is 3.60. The fraction of sp³-hybridized carbons (Fsp3) is 0.769. The predicted octanol–water partition coefficient (Wildman–Crippen LogP) is 1.50. The van der Waals surface area contributed by atoms with Crippen LogP contribution in [-0.2, 0) is 18.2 Å². The van der Waals surface area contributed by atoms with Gasteiger partial charge < -0.3 is 15.0 Å². The summed E-state index contributed by atoms with van der Waals surface area (Å²) in [5, 5.41) is 0. The Labute approximate surface area is 103 Å². The van der Waals surface area contributed by atoms with Crippen molar-refractivity contribution in [2.75, 3.05) is 6.61 Å². The van der Waals surface area contributed by atoms with Crippen molar-refractivity contribution in [2.45, 2.75) is 44.8 Å². The Morgan fingerprint density at radius 1 is 1.59 bits per heavy atom. The van der Waals surface area contributed by atoms with Crippen LogP contribution in [0.25, 0.3) is 0 Å². The number of aromatic nitrogens is 2. The molecule has 0 saturated heterocycles. The molecule has 0 radical (unpaired) electrons. The van der Waals surface area contributed by atoms with Gasteiger partial charge in [-0.05, 0) is 32.1 Å². The minimum absolute atomic E-state index is 0.226. The summed E-state index contributed by atoms with van der Waals surface area (Å²) in [6.45, 7) is 2.89. The average Bonchev–Trinajstić information content (AvgIpc) is 2.61. The number of hydrogen-bond donors (Lipinski definition) is 1. The van der Waals surface area contributed by atoms with Crippen LogP contribution in [-0.4, -0.2) is 28.3 Å². The molecule has 1 aliphatic carbocycles. The van der Waals surface area contributed by atoms with Gasteiger partial charge in [0, 0.05) is 38.5 Å². The summed E-state index contributed by atoms with van der Waals surface area (Å²) >= 11 is 0. The van der Waals surface area contributed by atoms with E-state index in [0.29, 0.717) is 6.10 Å². The van der Waals surface area contributed by atoms with Crippen LogP contribution < -0.4 is 5.73 Å². The van der Waals surface area contributed by atoms with Gasteiger partial charge in [0.25, 0.3) is 0 Å². The molecule has 1 aromatic heterocycles. The molecule has 4 heteroatoms. The number of imidazole rings is 1. The van der Waals surface area contributed by atoms with Gasteiger partial charge in [0.1, 0.15) is 5.82 Å². The first-order valence-electron chi connectivity index (χ1n) is 6.52. The van der Waals surface area contributed by atoms with Crippen molar-refractivity contribution in [3.8, 4) is 0 Å². The molecule has 0 amide bonds. The highest BCUT2D eigenvalue weighted by molar-refractivity contribution is 4.95. The summed E-state index contributed by atoms with van der Waals surface area (Å²) in [7, 11) is 2.02. The molecular weight excluding hydrogens is 214 g/mol. The number of rotatable bonds is 6. The molecule has 1 saturated carbocycles. The Hall–Kier alpha value is -0.870. The highest BCUT2D eigenvalue weighted by Gasteiger charge is 2.30. The van der Waals surface area contributed by atoms with E-state index in [9.17, 15) is 0 Å². The molecule has 0 bridgehead atoms. The topological polar surface area (TPSA) is 53.1 Å². The lowest BCUT2D eigenvalue weighted by Gasteiger charge is -2.36. The molecule has 0 aromatic carbocycles. The quantitative estimate of drug-likeness (QED) is 0.815. The maximum atomic E-state index is 6.17. The maximum absolute atomic E-state index is 6.17. The van der Waals surface area contributed by atoms with Crippen molar-refractivity contribution in [1.82, 2.24) is 9.55 Å². The van der Waals surface area contributed by atoms with Crippen LogP contribution in [0.2, 0.25) is 0 Å². The summed E-state index contributed by atoms with van der Waals surface area (Å²) in [4.78, 5) is 4.31. The van der Waals surface area contributed by atoms with Gasteiger partial charge in [-0.15, -0.1) is 0 Å². The second-order valence-corrected chi connectivity index (χ2v) is 5.07. The van der Waals surface area contributed by atoms with Crippen LogP contribution in [0.5, 0.6) is 0 Å². The van der Waals surface area contributed by atoms with Crippen LogP contribution in [0, 0.1) is 5.92 Å². The van der Waals surface area contributed by atoms with Crippen molar-refractivity contribution < 1.29 is 4.74 Å². The predicted molar refractivity (Wildman–Crippen MR) is 67.6 cm³/mol. The first-order valence-corrected chi connectivity index (χ1v) is 6.52.